The minimum Gasteiger partial charge on any atom is -0.392 e. The Kier molecular flexibility index (Phi) is 2.10. The third-order valence-corrected chi connectivity index (χ3v) is 2.12. The van der Waals surface area contributed by atoms with Gasteiger partial charge in [0.05, 0.1) is 25.5 Å². The molecular weight excluding hydrogens is 156 g/mol. The zero-order valence-corrected chi connectivity index (χ0v) is 6.81. The van der Waals surface area contributed by atoms with Gasteiger partial charge in [0.15, 0.2) is 0 Å². The highest BCUT2D eigenvalue weighted by molar-refractivity contribution is 5.02. The van der Waals surface area contributed by atoms with Crippen LogP contribution in [0.1, 0.15) is 18.0 Å². The number of nitrogens with zero attached hydrogens (tertiary/aromatic N) is 2. The van der Waals surface area contributed by atoms with Gasteiger partial charge in [0.2, 0.25) is 0 Å². The number of hydrogen-bond donors (Lipinski definition) is 1. The van der Waals surface area contributed by atoms with Crippen LogP contribution in [-0.4, -0.2) is 28.1 Å². The molecule has 4 heteroatoms. The van der Waals surface area contributed by atoms with Gasteiger partial charge in [0, 0.05) is 18.4 Å². The molecule has 0 spiro atoms. The molecule has 0 aliphatic carbocycles. The highest BCUT2D eigenvalue weighted by atomic mass is 16.5. The van der Waals surface area contributed by atoms with Gasteiger partial charge in [0.1, 0.15) is 0 Å². The smallest absolute Gasteiger partial charge is 0.0774 e. The topological polar surface area (TPSA) is 47.3 Å². The molecule has 2 rings (SSSR count). The molecule has 2 heterocycles. The first-order valence-corrected chi connectivity index (χ1v) is 4.12. The molecule has 0 amide bonds. The van der Waals surface area contributed by atoms with E-state index in [9.17, 15) is 0 Å². The van der Waals surface area contributed by atoms with Crippen LogP contribution >= 0.6 is 0 Å². The normalized spacial score (nSPS) is 23.2. The molecular formula is C8H12N2O2. The summed E-state index contributed by atoms with van der Waals surface area (Å²) in [6.07, 6.45) is 4.59. The van der Waals surface area contributed by atoms with Crippen molar-refractivity contribution < 1.29 is 9.84 Å². The highest BCUT2D eigenvalue weighted by Gasteiger charge is 2.17. The van der Waals surface area contributed by atoms with Gasteiger partial charge in [-0.1, -0.05) is 0 Å². The number of rotatable bonds is 2. The van der Waals surface area contributed by atoms with Crippen molar-refractivity contribution in [1.82, 2.24) is 9.78 Å². The quantitative estimate of drug-likeness (QED) is 0.692. The Morgan fingerprint density at radius 1 is 1.75 bits per heavy atom. The van der Waals surface area contributed by atoms with E-state index in [0.717, 1.165) is 25.2 Å². The molecule has 1 N–H and O–H groups in total. The van der Waals surface area contributed by atoms with Gasteiger partial charge in [-0.05, 0) is 6.42 Å². The third kappa shape index (κ3) is 1.35. The maximum Gasteiger partial charge on any atom is 0.0774 e. The molecule has 0 saturated carbocycles. The summed E-state index contributed by atoms with van der Waals surface area (Å²) < 4.78 is 7.10. The van der Waals surface area contributed by atoms with E-state index in [2.05, 4.69) is 5.10 Å². The lowest BCUT2D eigenvalue weighted by Crippen LogP contribution is -2.08. The van der Waals surface area contributed by atoms with Gasteiger partial charge < -0.3 is 9.84 Å². The summed E-state index contributed by atoms with van der Waals surface area (Å²) in [7, 11) is 0. The highest BCUT2D eigenvalue weighted by Crippen LogP contribution is 2.17. The van der Waals surface area contributed by atoms with Crippen LogP contribution < -0.4 is 0 Å². The summed E-state index contributed by atoms with van der Waals surface area (Å²) in [5.41, 5.74) is 0.863. The summed E-state index contributed by atoms with van der Waals surface area (Å²) >= 11 is 0. The van der Waals surface area contributed by atoms with Crippen LogP contribution in [0, 0.1) is 0 Å². The van der Waals surface area contributed by atoms with Crippen LogP contribution in [0.5, 0.6) is 0 Å². The third-order valence-electron chi connectivity index (χ3n) is 2.12. The maximum atomic E-state index is 8.81. The van der Waals surface area contributed by atoms with Crippen molar-refractivity contribution >= 4 is 0 Å². The van der Waals surface area contributed by atoms with Crippen LogP contribution in [0.15, 0.2) is 12.4 Å². The number of ether oxygens (including phenoxy) is 1. The zero-order valence-electron chi connectivity index (χ0n) is 6.81. The Hall–Kier alpha value is -0.870. The van der Waals surface area contributed by atoms with Crippen molar-refractivity contribution in [1.29, 1.82) is 0 Å². The fourth-order valence-corrected chi connectivity index (χ4v) is 1.39. The molecule has 66 valence electrons. The second-order valence-corrected chi connectivity index (χ2v) is 3.00. The minimum absolute atomic E-state index is 0.0631. The van der Waals surface area contributed by atoms with Crippen LogP contribution in [0.4, 0.5) is 0 Å². The maximum absolute atomic E-state index is 8.81. The lowest BCUT2D eigenvalue weighted by Gasteiger charge is -2.06. The number of aromatic nitrogens is 2. The van der Waals surface area contributed by atoms with Crippen LogP contribution in [-0.2, 0) is 11.3 Å². The SMILES string of the molecule is OCc1cnn([C@@H]2CCOC2)c1. The molecule has 0 radical (unpaired) electrons. The average Bonchev–Trinajstić information content (AvgIpc) is 2.75. The predicted molar refractivity (Wildman–Crippen MR) is 42.6 cm³/mol. The standard InChI is InChI=1S/C8H12N2O2/c11-5-7-3-9-10(4-7)8-1-2-12-6-8/h3-4,8,11H,1-2,5-6H2/t8-/m1/s1. The first kappa shape index (κ1) is 7.76. The van der Waals surface area contributed by atoms with E-state index in [-0.39, 0.29) is 6.61 Å². The van der Waals surface area contributed by atoms with Crippen molar-refractivity contribution in [2.45, 2.75) is 19.1 Å². The largest absolute Gasteiger partial charge is 0.392 e. The predicted octanol–water partition coefficient (Wildman–Crippen LogP) is 0.337. The number of aliphatic hydroxyl groups excluding tert-OH is 1. The molecule has 1 aliphatic rings. The van der Waals surface area contributed by atoms with Crippen LogP contribution in [0.2, 0.25) is 0 Å². The Bertz CT molecular complexity index is 253. The molecule has 1 atom stereocenters. The molecule has 0 aromatic carbocycles. The zero-order chi connectivity index (χ0) is 8.39. The fourth-order valence-electron chi connectivity index (χ4n) is 1.39. The summed E-state index contributed by atoms with van der Waals surface area (Å²) in [4.78, 5) is 0. The second-order valence-electron chi connectivity index (χ2n) is 3.00. The number of aliphatic hydroxyl groups is 1. The van der Waals surface area contributed by atoms with E-state index in [1.54, 1.807) is 6.20 Å². The van der Waals surface area contributed by atoms with E-state index >= 15 is 0 Å². The molecule has 0 bridgehead atoms. The van der Waals surface area contributed by atoms with Crippen molar-refractivity contribution in [3.05, 3.63) is 18.0 Å². The average molecular weight is 168 g/mol. The molecule has 0 unspecified atom stereocenters. The Balaban J connectivity index is 2.11. The molecule has 1 aromatic heterocycles. The second kappa shape index (κ2) is 3.25. The van der Waals surface area contributed by atoms with Gasteiger partial charge in [-0.15, -0.1) is 0 Å². The van der Waals surface area contributed by atoms with Gasteiger partial charge in [0.25, 0.3) is 0 Å². The van der Waals surface area contributed by atoms with E-state index in [1.165, 1.54) is 0 Å². The monoisotopic (exact) mass is 168 g/mol. The van der Waals surface area contributed by atoms with E-state index in [4.69, 9.17) is 9.84 Å². The van der Waals surface area contributed by atoms with Gasteiger partial charge in [-0.25, -0.2) is 0 Å². The van der Waals surface area contributed by atoms with Gasteiger partial charge >= 0.3 is 0 Å². The minimum atomic E-state index is 0.0631. The molecule has 1 aromatic rings. The van der Waals surface area contributed by atoms with Gasteiger partial charge in [-0.3, -0.25) is 4.68 Å². The van der Waals surface area contributed by atoms with E-state index < -0.39 is 0 Å². The molecule has 12 heavy (non-hydrogen) atoms. The molecule has 1 saturated heterocycles. The summed E-state index contributed by atoms with van der Waals surface area (Å²) in [6.45, 7) is 1.62. The molecule has 1 fully saturated rings. The summed E-state index contributed by atoms with van der Waals surface area (Å²) in [5.74, 6) is 0. The van der Waals surface area contributed by atoms with Crippen molar-refractivity contribution in [2.75, 3.05) is 13.2 Å². The van der Waals surface area contributed by atoms with Gasteiger partial charge in [-0.2, -0.15) is 5.10 Å². The van der Waals surface area contributed by atoms with E-state index in [0.29, 0.717) is 6.04 Å². The lowest BCUT2D eigenvalue weighted by atomic mass is 10.3. The summed E-state index contributed by atoms with van der Waals surface area (Å²) in [6, 6.07) is 0.366. The van der Waals surface area contributed by atoms with Crippen LogP contribution in [0.25, 0.3) is 0 Å². The first-order valence-electron chi connectivity index (χ1n) is 4.12. The van der Waals surface area contributed by atoms with Crippen molar-refractivity contribution in [3.8, 4) is 0 Å². The number of hydrogen-bond acceptors (Lipinski definition) is 3. The Morgan fingerprint density at radius 3 is 3.25 bits per heavy atom. The fraction of sp³-hybridized carbons (Fsp3) is 0.625. The Labute approximate surface area is 70.8 Å². The lowest BCUT2D eigenvalue weighted by molar-refractivity contribution is 0.184. The molecule has 1 aliphatic heterocycles. The van der Waals surface area contributed by atoms with Crippen LogP contribution in [0.3, 0.4) is 0 Å². The van der Waals surface area contributed by atoms with E-state index in [1.807, 2.05) is 10.9 Å². The van der Waals surface area contributed by atoms with Crippen molar-refractivity contribution in [2.24, 2.45) is 0 Å². The Morgan fingerprint density at radius 2 is 2.67 bits per heavy atom. The summed E-state index contributed by atoms with van der Waals surface area (Å²) in [5, 5.41) is 13.0. The first-order chi connectivity index (χ1) is 5.90. The molecule has 4 nitrogen and oxygen atoms in total. The van der Waals surface area contributed by atoms with Crippen molar-refractivity contribution in [3.63, 3.8) is 0 Å².